The van der Waals surface area contributed by atoms with Crippen LogP contribution in [0.3, 0.4) is 0 Å². The van der Waals surface area contributed by atoms with Crippen LogP contribution < -0.4 is 15.0 Å². The van der Waals surface area contributed by atoms with E-state index in [1.807, 2.05) is 0 Å². The smallest absolute Gasteiger partial charge is 0.403 e. The Morgan fingerprint density at radius 1 is 1.35 bits per heavy atom. The maximum absolute atomic E-state index is 10.8. The van der Waals surface area contributed by atoms with E-state index in [1.54, 1.807) is 24.3 Å². The minimum atomic E-state index is -3.85. The molecular formula is C9H10N2O5S. The lowest BCUT2D eigenvalue weighted by Crippen LogP contribution is -2.24. The molecule has 7 nitrogen and oxygen atoms in total. The average Bonchev–Trinajstić information content (AvgIpc) is 2.67. The van der Waals surface area contributed by atoms with Crippen LogP contribution in [0, 0.1) is 0 Å². The number of ether oxygens (including phenoxy) is 2. The zero-order valence-corrected chi connectivity index (χ0v) is 9.73. The van der Waals surface area contributed by atoms with Gasteiger partial charge in [-0.25, -0.2) is 5.48 Å². The summed E-state index contributed by atoms with van der Waals surface area (Å²) in [6.45, 7) is -0.0559. The van der Waals surface area contributed by atoms with Crippen LogP contribution >= 0.6 is 0 Å². The van der Waals surface area contributed by atoms with E-state index in [0.717, 1.165) is 0 Å². The molecule has 1 N–H and O–H groups in total. The largest absolute Gasteiger partial charge is 0.493 e. The van der Waals surface area contributed by atoms with Crippen molar-refractivity contribution in [1.29, 1.82) is 0 Å². The van der Waals surface area contributed by atoms with E-state index in [1.165, 1.54) is 7.11 Å². The van der Waals surface area contributed by atoms with Crippen molar-refractivity contribution >= 4 is 16.1 Å². The number of amidine groups is 1. The lowest BCUT2D eigenvalue weighted by atomic mass is 10.3. The van der Waals surface area contributed by atoms with Crippen molar-refractivity contribution in [3.05, 3.63) is 24.3 Å². The molecule has 1 aliphatic heterocycles. The fraction of sp³-hybridized carbons (Fsp3) is 0.222. The maximum Gasteiger partial charge on any atom is 0.403 e. The van der Waals surface area contributed by atoms with Gasteiger partial charge >= 0.3 is 10.3 Å². The summed E-state index contributed by atoms with van der Waals surface area (Å²) < 4.78 is 39.5. The first-order valence-corrected chi connectivity index (χ1v) is 6.01. The summed E-state index contributed by atoms with van der Waals surface area (Å²) in [6, 6.07) is 7.00. The molecule has 2 rings (SSSR count). The Labute approximate surface area is 98.2 Å². The second kappa shape index (κ2) is 4.60. The van der Waals surface area contributed by atoms with Crippen LogP contribution in [0.2, 0.25) is 0 Å². The van der Waals surface area contributed by atoms with Gasteiger partial charge < -0.3 is 9.47 Å². The molecule has 0 unspecified atom stereocenters. The predicted octanol–water partition coefficient (Wildman–Crippen LogP) is 0.252. The van der Waals surface area contributed by atoms with E-state index in [0.29, 0.717) is 11.5 Å². The second-order valence-corrected chi connectivity index (χ2v) is 4.30. The number of rotatable bonds is 4. The Morgan fingerprint density at radius 3 is 2.65 bits per heavy atom. The van der Waals surface area contributed by atoms with Crippen molar-refractivity contribution in [2.24, 2.45) is 4.40 Å². The highest BCUT2D eigenvalue weighted by Gasteiger charge is 2.21. The van der Waals surface area contributed by atoms with Gasteiger partial charge in [-0.1, -0.05) is 12.1 Å². The first kappa shape index (κ1) is 11.7. The number of nitrogens with zero attached hydrogens (tertiary/aromatic N) is 1. The minimum absolute atomic E-state index is 0.0559. The van der Waals surface area contributed by atoms with Gasteiger partial charge in [0.05, 0.1) is 7.11 Å². The average molecular weight is 258 g/mol. The molecule has 0 aliphatic carbocycles. The molecule has 0 radical (unpaired) electrons. The van der Waals surface area contributed by atoms with Crippen LogP contribution in [0.15, 0.2) is 28.7 Å². The van der Waals surface area contributed by atoms with Gasteiger partial charge in [0, 0.05) is 0 Å². The quantitative estimate of drug-likeness (QED) is 0.833. The lowest BCUT2D eigenvalue weighted by molar-refractivity contribution is 0.267. The third-order valence-electron chi connectivity index (χ3n) is 1.92. The Bertz CT molecular complexity index is 540. The van der Waals surface area contributed by atoms with E-state index in [9.17, 15) is 8.42 Å². The fourth-order valence-electron chi connectivity index (χ4n) is 1.21. The van der Waals surface area contributed by atoms with Crippen LogP contribution in [-0.2, 0) is 14.6 Å². The van der Waals surface area contributed by atoms with Gasteiger partial charge in [-0.3, -0.25) is 0 Å². The van der Waals surface area contributed by atoms with Gasteiger partial charge in [0.2, 0.25) is 0 Å². The number of hydroxylamine groups is 1. The predicted molar refractivity (Wildman–Crippen MR) is 59.1 cm³/mol. The molecule has 1 aliphatic rings. The first-order chi connectivity index (χ1) is 8.11. The standard InChI is InChI=1S/C9H10N2O5S/c1-14-7-4-2-3-5-8(7)15-6-9-10-16-17(12,13)11-9/h2-5H,6H2,1H3,(H,10,11). The number of hydrogen-bond acceptors (Lipinski definition) is 6. The number of hydrogen-bond donors (Lipinski definition) is 1. The normalized spacial score (nSPS) is 17.1. The molecule has 0 saturated heterocycles. The number of methoxy groups -OCH3 is 1. The van der Waals surface area contributed by atoms with Crippen LogP contribution in [0.25, 0.3) is 0 Å². The molecule has 0 fully saturated rings. The summed E-state index contributed by atoms with van der Waals surface area (Å²) in [5.41, 5.74) is 2.15. The molecule has 92 valence electrons. The molecular weight excluding hydrogens is 248 g/mol. The van der Waals surface area contributed by atoms with Crippen LogP contribution in [-0.4, -0.2) is 28.0 Å². The molecule has 0 spiro atoms. The van der Waals surface area contributed by atoms with Gasteiger partial charge in [-0.2, -0.15) is 8.42 Å². The van der Waals surface area contributed by atoms with E-state index >= 15 is 0 Å². The summed E-state index contributed by atoms with van der Waals surface area (Å²) in [7, 11) is -2.33. The zero-order valence-electron chi connectivity index (χ0n) is 8.91. The highest BCUT2D eigenvalue weighted by molar-refractivity contribution is 7.85. The highest BCUT2D eigenvalue weighted by atomic mass is 32.2. The van der Waals surface area contributed by atoms with Gasteiger partial charge in [-0.05, 0) is 12.1 Å². The van der Waals surface area contributed by atoms with E-state index in [2.05, 4.69) is 14.2 Å². The molecule has 0 bridgehead atoms. The molecule has 0 atom stereocenters. The topological polar surface area (TPSA) is 86.2 Å². The van der Waals surface area contributed by atoms with Gasteiger partial charge in [0.1, 0.15) is 6.61 Å². The van der Waals surface area contributed by atoms with Crippen molar-refractivity contribution in [1.82, 2.24) is 5.48 Å². The third kappa shape index (κ3) is 2.86. The monoisotopic (exact) mass is 258 g/mol. The van der Waals surface area contributed by atoms with Crippen LogP contribution in [0.1, 0.15) is 0 Å². The van der Waals surface area contributed by atoms with E-state index in [4.69, 9.17) is 9.47 Å². The van der Waals surface area contributed by atoms with Gasteiger partial charge in [0.25, 0.3) is 0 Å². The number of nitrogens with one attached hydrogen (secondary N) is 1. The Morgan fingerprint density at radius 2 is 2.06 bits per heavy atom. The lowest BCUT2D eigenvalue weighted by Gasteiger charge is -2.09. The maximum atomic E-state index is 10.8. The third-order valence-corrected chi connectivity index (χ3v) is 2.66. The van der Waals surface area contributed by atoms with Crippen molar-refractivity contribution < 1.29 is 22.2 Å². The molecule has 1 aromatic carbocycles. The Balaban J connectivity index is 2.04. The Kier molecular flexibility index (Phi) is 3.16. The SMILES string of the molecule is COc1ccccc1OCC1=NS(=O)(=O)ON1. The second-order valence-electron chi connectivity index (χ2n) is 3.09. The molecule has 17 heavy (non-hydrogen) atoms. The van der Waals surface area contributed by atoms with E-state index in [-0.39, 0.29) is 12.4 Å². The van der Waals surface area contributed by atoms with Crippen LogP contribution in [0.4, 0.5) is 0 Å². The highest BCUT2D eigenvalue weighted by Crippen LogP contribution is 2.25. The van der Waals surface area contributed by atoms with Gasteiger partial charge in [0.15, 0.2) is 17.3 Å². The van der Waals surface area contributed by atoms with Gasteiger partial charge in [-0.15, -0.1) is 8.68 Å². The van der Waals surface area contributed by atoms with E-state index < -0.39 is 10.3 Å². The fourth-order valence-corrected chi connectivity index (χ4v) is 1.81. The zero-order chi connectivity index (χ0) is 12.3. The molecule has 8 heteroatoms. The Hall–Kier alpha value is -1.80. The summed E-state index contributed by atoms with van der Waals surface area (Å²) >= 11 is 0. The summed E-state index contributed by atoms with van der Waals surface area (Å²) in [4.78, 5) is 0. The van der Waals surface area contributed by atoms with Crippen molar-refractivity contribution in [2.75, 3.05) is 13.7 Å². The molecule has 1 heterocycles. The molecule has 0 saturated carbocycles. The number of benzene rings is 1. The molecule has 1 aromatic rings. The van der Waals surface area contributed by atoms with Crippen molar-refractivity contribution in [3.63, 3.8) is 0 Å². The minimum Gasteiger partial charge on any atom is -0.493 e. The molecule has 0 amide bonds. The van der Waals surface area contributed by atoms with Crippen LogP contribution in [0.5, 0.6) is 11.5 Å². The molecule has 0 aromatic heterocycles. The first-order valence-electron chi connectivity index (χ1n) is 4.65. The summed E-state index contributed by atoms with van der Waals surface area (Å²) in [5, 5.41) is 0. The summed E-state index contributed by atoms with van der Waals surface area (Å²) in [5.74, 6) is 1.12. The van der Waals surface area contributed by atoms with Crippen molar-refractivity contribution in [3.8, 4) is 11.5 Å². The van der Waals surface area contributed by atoms with Crippen molar-refractivity contribution in [2.45, 2.75) is 0 Å². The number of para-hydroxylation sites is 2. The summed E-state index contributed by atoms with van der Waals surface area (Å²) in [6.07, 6.45) is 0.